The van der Waals surface area contributed by atoms with Crippen molar-refractivity contribution in [3.05, 3.63) is 65.5 Å². The SMILES string of the molecule is Cc1ccc(C(=O)NC(=S)NCc2ccccn2)cc1. The van der Waals surface area contributed by atoms with Crippen molar-refractivity contribution in [3.63, 3.8) is 0 Å². The van der Waals surface area contributed by atoms with Crippen molar-refractivity contribution in [2.45, 2.75) is 13.5 Å². The molecule has 0 radical (unpaired) electrons. The lowest BCUT2D eigenvalue weighted by atomic mass is 10.1. The molecule has 1 amide bonds. The molecule has 20 heavy (non-hydrogen) atoms. The summed E-state index contributed by atoms with van der Waals surface area (Å²) in [6.07, 6.45) is 1.71. The Bertz CT molecular complexity index is 596. The fraction of sp³-hybridized carbons (Fsp3) is 0.133. The number of aromatic nitrogens is 1. The first-order valence-electron chi connectivity index (χ1n) is 6.21. The second kappa shape index (κ2) is 6.77. The number of carbonyl (C=O) groups is 1. The molecular formula is C15H15N3OS. The zero-order valence-electron chi connectivity index (χ0n) is 11.1. The summed E-state index contributed by atoms with van der Waals surface area (Å²) in [5.41, 5.74) is 2.55. The summed E-state index contributed by atoms with van der Waals surface area (Å²) in [6, 6.07) is 13.0. The van der Waals surface area contributed by atoms with Gasteiger partial charge in [-0.3, -0.25) is 15.1 Å². The maximum absolute atomic E-state index is 11.9. The number of rotatable bonds is 3. The topological polar surface area (TPSA) is 54.0 Å². The molecule has 2 aromatic rings. The standard InChI is InChI=1S/C15H15N3OS/c1-11-5-7-12(8-6-11)14(19)18-15(20)17-10-13-4-2-3-9-16-13/h2-9H,10H2,1H3,(H2,17,18,19,20). The van der Waals surface area contributed by atoms with Gasteiger partial charge in [0.2, 0.25) is 0 Å². The maximum atomic E-state index is 11.9. The van der Waals surface area contributed by atoms with Gasteiger partial charge in [0, 0.05) is 11.8 Å². The Hall–Kier alpha value is -2.27. The molecule has 0 atom stereocenters. The van der Waals surface area contributed by atoms with E-state index in [9.17, 15) is 4.79 Å². The van der Waals surface area contributed by atoms with Crippen LogP contribution < -0.4 is 10.6 Å². The predicted octanol–water partition coefficient (Wildman–Crippen LogP) is 2.19. The Morgan fingerprint density at radius 2 is 1.95 bits per heavy atom. The van der Waals surface area contributed by atoms with Gasteiger partial charge in [-0.15, -0.1) is 0 Å². The lowest BCUT2D eigenvalue weighted by Gasteiger charge is -2.09. The van der Waals surface area contributed by atoms with E-state index in [1.54, 1.807) is 18.3 Å². The van der Waals surface area contributed by atoms with Crippen LogP contribution in [0.4, 0.5) is 0 Å². The van der Waals surface area contributed by atoms with E-state index in [0.29, 0.717) is 17.2 Å². The summed E-state index contributed by atoms with van der Waals surface area (Å²) in [5, 5.41) is 5.88. The first-order chi connectivity index (χ1) is 9.65. The minimum Gasteiger partial charge on any atom is -0.357 e. The molecule has 0 aliphatic heterocycles. The Labute approximate surface area is 123 Å². The van der Waals surface area contributed by atoms with Crippen LogP contribution in [0.15, 0.2) is 48.7 Å². The molecule has 2 rings (SSSR count). The van der Waals surface area contributed by atoms with E-state index in [1.165, 1.54) is 0 Å². The predicted molar refractivity (Wildman–Crippen MR) is 82.3 cm³/mol. The van der Waals surface area contributed by atoms with Gasteiger partial charge in [-0.1, -0.05) is 23.8 Å². The van der Waals surface area contributed by atoms with E-state index in [0.717, 1.165) is 11.3 Å². The Kier molecular flexibility index (Phi) is 4.79. The smallest absolute Gasteiger partial charge is 0.257 e. The molecule has 0 aliphatic carbocycles. The number of aryl methyl sites for hydroxylation is 1. The first kappa shape index (κ1) is 14.1. The van der Waals surface area contributed by atoms with Crippen LogP contribution in [0.2, 0.25) is 0 Å². The van der Waals surface area contributed by atoms with Crippen LogP contribution in [0.25, 0.3) is 0 Å². The molecule has 1 aromatic carbocycles. The van der Waals surface area contributed by atoms with E-state index < -0.39 is 0 Å². The summed E-state index contributed by atoms with van der Waals surface area (Å²) < 4.78 is 0. The molecule has 0 bridgehead atoms. The molecule has 4 nitrogen and oxygen atoms in total. The zero-order valence-corrected chi connectivity index (χ0v) is 11.9. The minimum atomic E-state index is -0.219. The number of benzene rings is 1. The molecule has 0 saturated carbocycles. The highest BCUT2D eigenvalue weighted by molar-refractivity contribution is 7.80. The Balaban J connectivity index is 1.85. The molecule has 0 fully saturated rings. The van der Waals surface area contributed by atoms with Crippen LogP contribution in [0.1, 0.15) is 21.6 Å². The largest absolute Gasteiger partial charge is 0.357 e. The van der Waals surface area contributed by atoms with Gasteiger partial charge in [0.25, 0.3) is 5.91 Å². The fourth-order valence-corrected chi connectivity index (χ4v) is 1.76. The minimum absolute atomic E-state index is 0.219. The molecule has 5 heteroatoms. The average molecular weight is 285 g/mol. The highest BCUT2D eigenvalue weighted by atomic mass is 32.1. The molecule has 102 valence electrons. The molecule has 1 aromatic heterocycles. The van der Waals surface area contributed by atoms with Crippen molar-refractivity contribution in [2.24, 2.45) is 0 Å². The number of hydrogen-bond acceptors (Lipinski definition) is 3. The average Bonchev–Trinajstić information content (AvgIpc) is 2.47. The second-order valence-electron chi connectivity index (χ2n) is 4.32. The van der Waals surface area contributed by atoms with E-state index >= 15 is 0 Å². The molecule has 0 spiro atoms. The fourth-order valence-electron chi connectivity index (χ4n) is 1.60. The van der Waals surface area contributed by atoms with E-state index in [2.05, 4.69) is 15.6 Å². The molecular weight excluding hydrogens is 270 g/mol. The van der Waals surface area contributed by atoms with Crippen LogP contribution in [0.5, 0.6) is 0 Å². The molecule has 0 unspecified atom stereocenters. The van der Waals surface area contributed by atoms with Crippen molar-refractivity contribution in [3.8, 4) is 0 Å². The van der Waals surface area contributed by atoms with Crippen LogP contribution in [0.3, 0.4) is 0 Å². The first-order valence-corrected chi connectivity index (χ1v) is 6.62. The number of nitrogens with one attached hydrogen (secondary N) is 2. The van der Waals surface area contributed by atoms with Gasteiger partial charge in [-0.2, -0.15) is 0 Å². The third kappa shape index (κ3) is 4.13. The van der Waals surface area contributed by atoms with Gasteiger partial charge in [0.1, 0.15) is 0 Å². The summed E-state index contributed by atoms with van der Waals surface area (Å²) >= 11 is 5.08. The maximum Gasteiger partial charge on any atom is 0.257 e. The van der Waals surface area contributed by atoms with Crippen molar-refractivity contribution >= 4 is 23.2 Å². The van der Waals surface area contributed by atoms with E-state index in [-0.39, 0.29) is 5.91 Å². The van der Waals surface area contributed by atoms with Crippen molar-refractivity contribution in [1.29, 1.82) is 0 Å². The van der Waals surface area contributed by atoms with Crippen LogP contribution in [-0.2, 0) is 6.54 Å². The van der Waals surface area contributed by atoms with Crippen LogP contribution in [-0.4, -0.2) is 16.0 Å². The van der Waals surface area contributed by atoms with Gasteiger partial charge in [0.05, 0.1) is 12.2 Å². The van der Waals surface area contributed by atoms with Gasteiger partial charge in [0.15, 0.2) is 5.11 Å². The van der Waals surface area contributed by atoms with Crippen molar-refractivity contribution < 1.29 is 4.79 Å². The Morgan fingerprint density at radius 1 is 1.20 bits per heavy atom. The van der Waals surface area contributed by atoms with Gasteiger partial charge in [-0.05, 0) is 43.4 Å². The third-order valence-corrected chi connectivity index (χ3v) is 2.94. The van der Waals surface area contributed by atoms with Gasteiger partial charge < -0.3 is 5.32 Å². The number of pyridine rings is 1. The zero-order chi connectivity index (χ0) is 14.4. The Morgan fingerprint density at radius 3 is 2.60 bits per heavy atom. The number of hydrogen-bond donors (Lipinski definition) is 2. The van der Waals surface area contributed by atoms with Crippen molar-refractivity contribution in [1.82, 2.24) is 15.6 Å². The number of thiocarbonyl (C=S) groups is 1. The molecule has 1 heterocycles. The summed E-state index contributed by atoms with van der Waals surface area (Å²) in [4.78, 5) is 16.1. The summed E-state index contributed by atoms with van der Waals surface area (Å²) in [7, 11) is 0. The number of nitrogens with zero attached hydrogens (tertiary/aromatic N) is 1. The molecule has 2 N–H and O–H groups in total. The normalized spacial score (nSPS) is 9.85. The van der Waals surface area contributed by atoms with Crippen molar-refractivity contribution in [2.75, 3.05) is 0 Å². The van der Waals surface area contributed by atoms with Gasteiger partial charge >= 0.3 is 0 Å². The second-order valence-corrected chi connectivity index (χ2v) is 4.73. The van der Waals surface area contributed by atoms with Crippen LogP contribution >= 0.6 is 12.2 Å². The molecule has 0 aliphatic rings. The number of carbonyl (C=O) groups excluding carboxylic acids is 1. The summed E-state index contributed by atoms with van der Waals surface area (Å²) in [5.74, 6) is -0.219. The van der Waals surface area contributed by atoms with Gasteiger partial charge in [-0.25, -0.2) is 0 Å². The highest BCUT2D eigenvalue weighted by Gasteiger charge is 2.07. The highest BCUT2D eigenvalue weighted by Crippen LogP contribution is 2.02. The van der Waals surface area contributed by atoms with E-state index in [1.807, 2.05) is 37.3 Å². The lowest BCUT2D eigenvalue weighted by Crippen LogP contribution is -2.38. The molecule has 0 saturated heterocycles. The lowest BCUT2D eigenvalue weighted by molar-refractivity contribution is 0.0976. The van der Waals surface area contributed by atoms with Crippen LogP contribution in [0, 0.1) is 6.92 Å². The quantitative estimate of drug-likeness (QED) is 0.849. The number of amides is 1. The third-order valence-electron chi connectivity index (χ3n) is 2.70. The van der Waals surface area contributed by atoms with E-state index in [4.69, 9.17) is 12.2 Å². The monoisotopic (exact) mass is 285 g/mol. The summed E-state index contributed by atoms with van der Waals surface area (Å²) in [6.45, 7) is 2.45.